The van der Waals surface area contributed by atoms with Gasteiger partial charge in [0.1, 0.15) is 0 Å². The summed E-state index contributed by atoms with van der Waals surface area (Å²) in [6.45, 7) is 0. The quantitative estimate of drug-likeness (QED) is 0.444. The normalized spacial score (nSPS) is 10.1. The van der Waals surface area contributed by atoms with Gasteiger partial charge >= 0.3 is 37.3 Å². The smallest absolute Gasteiger partial charge is 0.369 e. The molecule has 5 nitrogen and oxygen atoms in total. The van der Waals surface area contributed by atoms with Crippen LogP contribution in [0.3, 0.4) is 0 Å². The maximum atomic E-state index is 9.31. The molecule has 0 aromatic heterocycles. The molecule has 0 saturated carbocycles. The molecule has 0 aromatic carbocycles. The second-order valence-corrected chi connectivity index (χ2v) is 3.27. The van der Waals surface area contributed by atoms with Gasteiger partial charge in [-0.2, -0.15) is 0 Å². The molecule has 0 aliphatic carbocycles. The van der Waals surface area contributed by atoms with Gasteiger partial charge in [0, 0.05) is 0 Å². The average molecular weight is 172 g/mol. The van der Waals surface area contributed by atoms with E-state index >= 15 is 0 Å². The van der Waals surface area contributed by atoms with Crippen molar-refractivity contribution in [2.24, 2.45) is 0 Å². The third-order valence-electron chi connectivity index (χ3n) is 0.224. The van der Waals surface area contributed by atoms with Crippen molar-refractivity contribution in [1.29, 1.82) is 0 Å². The van der Waals surface area contributed by atoms with Gasteiger partial charge in [-0.05, 0) is 0 Å². The van der Waals surface area contributed by atoms with Crippen molar-refractivity contribution in [3.05, 3.63) is 0 Å². The van der Waals surface area contributed by atoms with Crippen molar-refractivity contribution in [2.75, 3.05) is 7.11 Å². The first-order chi connectivity index (χ1) is 2.56. The molecule has 0 saturated heterocycles. The van der Waals surface area contributed by atoms with Crippen LogP contribution < -0.4 is 14.3 Å². The zero-order chi connectivity index (χ0) is 5.21. The maximum Gasteiger partial charge on any atom is -0.369 e. The summed E-state index contributed by atoms with van der Waals surface area (Å²) in [7, 11) is 0.847. The zero-order valence-electron chi connectivity index (χ0n) is 4.08. The molecule has 0 aliphatic rings. The fourth-order valence-electron chi connectivity index (χ4n) is 0. The van der Waals surface area contributed by atoms with Gasteiger partial charge in [-0.3, -0.25) is 0 Å². The molecule has 0 rings (SSSR count). The van der Waals surface area contributed by atoms with E-state index in [0.29, 0.717) is 0 Å². The van der Waals surface area contributed by atoms with Crippen LogP contribution in [0.2, 0.25) is 0 Å². The Bertz CT molecular complexity index is 75.8. The van der Waals surface area contributed by atoms with E-state index < -0.39 is 14.5 Å². The second-order valence-electron chi connectivity index (χ2n) is 0.630. The summed E-state index contributed by atoms with van der Waals surface area (Å²) < 4.78 is 31.4. The molecule has 0 heterocycles. The van der Waals surface area contributed by atoms with Crippen molar-refractivity contribution in [1.82, 2.24) is 6.15 Å². The molecule has 0 radical (unpaired) electrons. The molecule has 46 valence electrons. The SMILES string of the molecule is CO[As](=O)([O-])[O-].[NH4+]. The molecule has 0 spiro atoms. The van der Waals surface area contributed by atoms with Crippen LogP contribution in [-0.4, -0.2) is 21.6 Å². The largest absolute Gasteiger partial charge is 0.369 e. The fraction of sp³-hybridized carbons (Fsp3) is 1.00. The van der Waals surface area contributed by atoms with Gasteiger partial charge < -0.3 is 6.15 Å². The van der Waals surface area contributed by atoms with Gasteiger partial charge in [0.15, 0.2) is 0 Å². The van der Waals surface area contributed by atoms with Crippen LogP contribution in [0.1, 0.15) is 0 Å². The van der Waals surface area contributed by atoms with E-state index in [1.807, 2.05) is 0 Å². The van der Waals surface area contributed by atoms with Crippen LogP contribution in [0.25, 0.3) is 0 Å². The summed E-state index contributed by atoms with van der Waals surface area (Å²) in [6.07, 6.45) is 0. The Kier molecular flexibility index (Phi) is 4.73. The van der Waals surface area contributed by atoms with E-state index in [-0.39, 0.29) is 6.15 Å². The van der Waals surface area contributed by atoms with E-state index in [9.17, 15) is 11.9 Å². The van der Waals surface area contributed by atoms with E-state index in [1.54, 1.807) is 0 Å². The van der Waals surface area contributed by atoms with Crippen molar-refractivity contribution in [3.63, 3.8) is 0 Å². The molecule has 6 heteroatoms. The number of hydrogen-bond donors (Lipinski definition) is 1. The van der Waals surface area contributed by atoms with Crippen LogP contribution in [0.15, 0.2) is 0 Å². The van der Waals surface area contributed by atoms with E-state index in [1.165, 1.54) is 0 Å². The third kappa shape index (κ3) is 10.7. The second kappa shape index (κ2) is 3.23. The average Bonchev–Trinajstić information content (AvgIpc) is 1.35. The molecule has 0 unspecified atom stereocenters. The monoisotopic (exact) mass is 172 g/mol. The van der Waals surface area contributed by atoms with E-state index in [2.05, 4.69) is 3.73 Å². The third-order valence-corrected chi connectivity index (χ3v) is 1.16. The van der Waals surface area contributed by atoms with E-state index in [0.717, 1.165) is 7.11 Å². The summed E-state index contributed by atoms with van der Waals surface area (Å²) in [5.41, 5.74) is 0. The Labute approximate surface area is 44.2 Å². The molecule has 0 amide bonds. The van der Waals surface area contributed by atoms with Gasteiger partial charge in [-0.15, -0.1) is 0 Å². The fourth-order valence-corrected chi connectivity index (χ4v) is 0. The minimum Gasteiger partial charge on any atom is -0.369 e. The predicted octanol–water partition coefficient (Wildman–Crippen LogP) is -2.40. The Hall–Kier alpha value is 0.198. The first-order valence-corrected chi connectivity index (χ1v) is 4.20. The number of hydrogen-bond acceptors (Lipinski definition) is 4. The standard InChI is InChI=1S/CH5AsO4.H3N/c1-6-2(3,4)5;/h1H3,(H2,3,4,5);1H3/p-1. The van der Waals surface area contributed by atoms with Crippen molar-refractivity contribution < 1.29 is 15.7 Å². The molecular formula is CH7AsNO4-. The topological polar surface area (TPSA) is 109 Å². The molecule has 0 bridgehead atoms. The van der Waals surface area contributed by atoms with Crippen LogP contribution >= 0.6 is 0 Å². The molecule has 0 fully saturated rings. The van der Waals surface area contributed by atoms with Gasteiger partial charge in [0.25, 0.3) is 0 Å². The Morgan fingerprint density at radius 2 is 1.71 bits per heavy atom. The zero-order valence-corrected chi connectivity index (χ0v) is 5.96. The van der Waals surface area contributed by atoms with E-state index in [4.69, 9.17) is 0 Å². The summed E-state index contributed by atoms with van der Waals surface area (Å²) >= 11 is -5.16. The Morgan fingerprint density at radius 3 is 1.71 bits per heavy atom. The molecule has 7 heavy (non-hydrogen) atoms. The molecular weight excluding hydrogens is 165 g/mol. The van der Waals surface area contributed by atoms with Crippen LogP contribution in [0.4, 0.5) is 0 Å². The van der Waals surface area contributed by atoms with Crippen LogP contribution in [0.5, 0.6) is 0 Å². The number of quaternary nitrogens is 1. The summed E-state index contributed by atoms with van der Waals surface area (Å²) in [6, 6.07) is 0. The van der Waals surface area contributed by atoms with Gasteiger partial charge in [0.05, 0.1) is 0 Å². The maximum absolute atomic E-state index is 9.31. The van der Waals surface area contributed by atoms with Crippen LogP contribution in [0, 0.1) is 0 Å². The van der Waals surface area contributed by atoms with Crippen molar-refractivity contribution in [3.8, 4) is 0 Å². The minimum absolute atomic E-state index is 0. The van der Waals surface area contributed by atoms with Gasteiger partial charge in [-0.1, -0.05) is 0 Å². The Balaban J connectivity index is 0. The van der Waals surface area contributed by atoms with Crippen molar-refractivity contribution >= 4 is 14.5 Å². The molecule has 0 aromatic rings. The minimum atomic E-state index is -5.16. The molecule has 0 aliphatic heterocycles. The molecule has 4 N–H and O–H groups in total. The first-order valence-electron chi connectivity index (χ1n) is 1.14. The van der Waals surface area contributed by atoms with Gasteiger partial charge in [-0.25, -0.2) is 0 Å². The first kappa shape index (κ1) is 10.2. The number of rotatable bonds is 1. The van der Waals surface area contributed by atoms with Crippen molar-refractivity contribution in [2.45, 2.75) is 0 Å². The Morgan fingerprint density at radius 1 is 1.57 bits per heavy atom. The van der Waals surface area contributed by atoms with Crippen LogP contribution in [-0.2, 0) is 7.47 Å². The molecule has 0 atom stereocenters. The van der Waals surface area contributed by atoms with Gasteiger partial charge in [0.2, 0.25) is 0 Å². The summed E-state index contributed by atoms with van der Waals surface area (Å²) in [4.78, 5) is 0. The summed E-state index contributed by atoms with van der Waals surface area (Å²) in [5, 5.41) is 0. The predicted molar refractivity (Wildman–Crippen MR) is 19.4 cm³/mol. The summed E-state index contributed by atoms with van der Waals surface area (Å²) in [5.74, 6) is 0.